The molecule has 6 heteroatoms. The Hall–Kier alpha value is -1.82. The van der Waals surface area contributed by atoms with Gasteiger partial charge < -0.3 is 10.1 Å². The monoisotopic (exact) mass is 323 g/mol. The largest absolute Gasteiger partial charge is 0.480 e. The van der Waals surface area contributed by atoms with Crippen LogP contribution in [0.1, 0.15) is 0 Å². The number of nitrogens with one attached hydrogen (secondary N) is 1. The average molecular weight is 324 g/mol. The van der Waals surface area contributed by atoms with Gasteiger partial charge in [-0.2, -0.15) is 0 Å². The second-order valence-electron chi connectivity index (χ2n) is 3.87. The van der Waals surface area contributed by atoms with Crippen molar-refractivity contribution < 1.29 is 4.74 Å². The fourth-order valence-corrected chi connectivity index (χ4v) is 1.84. The van der Waals surface area contributed by atoms with Crippen molar-refractivity contribution >= 4 is 21.6 Å². The smallest absolute Gasteiger partial charge is 0.267 e. The van der Waals surface area contributed by atoms with Gasteiger partial charge in [-0.05, 0) is 24.3 Å². The first-order valence-corrected chi connectivity index (χ1v) is 6.60. The second-order valence-corrected chi connectivity index (χ2v) is 4.79. The van der Waals surface area contributed by atoms with E-state index in [0.29, 0.717) is 19.0 Å². The van der Waals surface area contributed by atoms with Crippen LogP contribution in [-0.2, 0) is 6.54 Å². The number of hydrogen-bond donors (Lipinski definition) is 1. The van der Waals surface area contributed by atoms with Crippen molar-refractivity contribution in [3.05, 3.63) is 51.2 Å². The highest BCUT2D eigenvalue weighted by molar-refractivity contribution is 9.10. The van der Waals surface area contributed by atoms with Crippen molar-refractivity contribution in [2.45, 2.75) is 6.54 Å². The topological polar surface area (TPSA) is 56.1 Å². The SMILES string of the molecule is COc1ccc(=O)n(CCNc2ccc(Br)cc2)n1. The Kier molecular flexibility index (Phi) is 4.57. The molecule has 0 amide bonds. The molecule has 0 aliphatic carbocycles. The van der Waals surface area contributed by atoms with Crippen LogP contribution < -0.4 is 15.6 Å². The number of aromatic nitrogens is 2. The van der Waals surface area contributed by atoms with Crippen LogP contribution in [0.3, 0.4) is 0 Å². The number of anilines is 1. The van der Waals surface area contributed by atoms with E-state index in [0.717, 1.165) is 10.2 Å². The normalized spacial score (nSPS) is 10.2. The van der Waals surface area contributed by atoms with Crippen LogP contribution in [-0.4, -0.2) is 23.4 Å². The van der Waals surface area contributed by atoms with Crippen molar-refractivity contribution in [2.75, 3.05) is 19.0 Å². The van der Waals surface area contributed by atoms with E-state index in [2.05, 4.69) is 26.3 Å². The van der Waals surface area contributed by atoms with Gasteiger partial charge in [0.25, 0.3) is 5.56 Å². The summed E-state index contributed by atoms with van der Waals surface area (Å²) in [7, 11) is 1.53. The zero-order valence-electron chi connectivity index (χ0n) is 10.5. The lowest BCUT2D eigenvalue weighted by molar-refractivity contribution is 0.376. The third-order valence-corrected chi connectivity index (χ3v) is 3.08. The van der Waals surface area contributed by atoms with Crippen LogP contribution in [0, 0.1) is 0 Å². The molecule has 0 saturated carbocycles. The van der Waals surface area contributed by atoms with E-state index in [9.17, 15) is 4.79 Å². The molecule has 0 fully saturated rings. The minimum Gasteiger partial charge on any atom is -0.480 e. The fourth-order valence-electron chi connectivity index (χ4n) is 1.57. The molecule has 0 unspecified atom stereocenters. The number of nitrogens with zero attached hydrogens (tertiary/aromatic N) is 2. The van der Waals surface area contributed by atoms with Crippen LogP contribution in [0.25, 0.3) is 0 Å². The predicted molar refractivity (Wildman–Crippen MR) is 77.7 cm³/mol. The Morgan fingerprint density at radius 3 is 2.68 bits per heavy atom. The summed E-state index contributed by atoms with van der Waals surface area (Å²) in [6, 6.07) is 10.8. The van der Waals surface area contributed by atoms with E-state index in [1.165, 1.54) is 17.9 Å². The molecule has 0 radical (unpaired) electrons. The van der Waals surface area contributed by atoms with E-state index in [-0.39, 0.29) is 5.56 Å². The number of ether oxygens (including phenoxy) is 1. The lowest BCUT2D eigenvalue weighted by atomic mass is 10.3. The summed E-state index contributed by atoms with van der Waals surface area (Å²) in [5.41, 5.74) is 0.859. The molecule has 0 spiro atoms. The summed E-state index contributed by atoms with van der Waals surface area (Å²) in [5.74, 6) is 0.434. The number of methoxy groups -OCH3 is 1. The first kappa shape index (κ1) is 13.6. The third kappa shape index (κ3) is 3.82. The zero-order chi connectivity index (χ0) is 13.7. The molecule has 1 N–H and O–H groups in total. The maximum absolute atomic E-state index is 11.6. The van der Waals surface area contributed by atoms with Gasteiger partial charge in [0.15, 0.2) is 0 Å². The van der Waals surface area contributed by atoms with E-state index in [1.54, 1.807) is 6.07 Å². The number of hydrogen-bond acceptors (Lipinski definition) is 4. The lowest BCUT2D eigenvalue weighted by Crippen LogP contribution is -2.25. The van der Waals surface area contributed by atoms with E-state index >= 15 is 0 Å². The minimum atomic E-state index is -0.140. The Morgan fingerprint density at radius 2 is 2.00 bits per heavy atom. The highest BCUT2D eigenvalue weighted by Gasteiger charge is 2.00. The van der Waals surface area contributed by atoms with Crippen molar-refractivity contribution in [3.8, 4) is 5.88 Å². The van der Waals surface area contributed by atoms with Crippen molar-refractivity contribution in [3.63, 3.8) is 0 Å². The van der Waals surface area contributed by atoms with Gasteiger partial charge >= 0.3 is 0 Å². The predicted octanol–water partition coefficient (Wildman–Crippen LogP) is 2.13. The maximum Gasteiger partial charge on any atom is 0.267 e. The van der Waals surface area contributed by atoms with E-state index < -0.39 is 0 Å². The maximum atomic E-state index is 11.6. The molecule has 2 rings (SSSR count). The summed E-state index contributed by atoms with van der Waals surface area (Å²) in [6.07, 6.45) is 0. The first-order valence-electron chi connectivity index (χ1n) is 5.80. The highest BCUT2D eigenvalue weighted by Crippen LogP contribution is 2.13. The van der Waals surface area contributed by atoms with Crippen LogP contribution in [0.5, 0.6) is 5.88 Å². The molecule has 1 aromatic carbocycles. The first-order chi connectivity index (χ1) is 9.19. The summed E-state index contributed by atoms with van der Waals surface area (Å²) >= 11 is 3.38. The molecular weight excluding hydrogens is 310 g/mol. The van der Waals surface area contributed by atoms with Gasteiger partial charge in [-0.1, -0.05) is 15.9 Å². The van der Waals surface area contributed by atoms with Gasteiger partial charge in [0.2, 0.25) is 5.88 Å². The van der Waals surface area contributed by atoms with Crippen LogP contribution >= 0.6 is 15.9 Å². The minimum absolute atomic E-state index is 0.140. The molecule has 0 saturated heterocycles. The van der Waals surface area contributed by atoms with Crippen molar-refractivity contribution in [1.29, 1.82) is 0 Å². The van der Waals surface area contributed by atoms with Crippen molar-refractivity contribution in [1.82, 2.24) is 9.78 Å². The standard InChI is InChI=1S/C13H14BrN3O2/c1-19-12-6-7-13(18)17(16-12)9-8-15-11-4-2-10(14)3-5-11/h2-7,15H,8-9H2,1H3. The van der Waals surface area contributed by atoms with Gasteiger partial charge in [-0.3, -0.25) is 4.79 Å². The van der Waals surface area contributed by atoms with Gasteiger partial charge in [-0.25, -0.2) is 4.68 Å². The molecule has 100 valence electrons. The Labute approximate surface area is 119 Å². The Morgan fingerprint density at radius 1 is 1.26 bits per heavy atom. The highest BCUT2D eigenvalue weighted by atomic mass is 79.9. The Balaban J connectivity index is 1.95. The molecule has 19 heavy (non-hydrogen) atoms. The number of halogens is 1. The summed E-state index contributed by atoms with van der Waals surface area (Å²) in [4.78, 5) is 11.6. The zero-order valence-corrected chi connectivity index (χ0v) is 12.1. The molecule has 2 aromatic rings. The van der Waals surface area contributed by atoms with Gasteiger partial charge in [-0.15, -0.1) is 5.10 Å². The molecule has 0 bridgehead atoms. The van der Waals surface area contributed by atoms with Crippen LogP contribution in [0.2, 0.25) is 0 Å². The summed E-state index contributed by atoms with van der Waals surface area (Å²) < 4.78 is 7.40. The van der Waals surface area contributed by atoms with Crippen molar-refractivity contribution in [2.24, 2.45) is 0 Å². The molecule has 1 aromatic heterocycles. The Bertz CT molecular complexity index is 596. The average Bonchev–Trinajstić information content (AvgIpc) is 2.43. The summed E-state index contributed by atoms with van der Waals surface area (Å²) in [5, 5.41) is 7.29. The second kappa shape index (κ2) is 6.38. The molecular formula is C13H14BrN3O2. The lowest BCUT2D eigenvalue weighted by Gasteiger charge is -2.08. The fraction of sp³-hybridized carbons (Fsp3) is 0.231. The summed E-state index contributed by atoms with van der Waals surface area (Å²) in [6.45, 7) is 1.09. The number of benzene rings is 1. The quantitative estimate of drug-likeness (QED) is 0.915. The molecule has 0 aliphatic heterocycles. The van der Waals surface area contributed by atoms with Crippen LogP contribution in [0.4, 0.5) is 5.69 Å². The molecule has 0 aliphatic rings. The van der Waals surface area contributed by atoms with Gasteiger partial charge in [0.1, 0.15) is 0 Å². The van der Waals surface area contributed by atoms with Crippen LogP contribution in [0.15, 0.2) is 45.7 Å². The van der Waals surface area contributed by atoms with Gasteiger partial charge in [0.05, 0.1) is 13.7 Å². The third-order valence-electron chi connectivity index (χ3n) is 2.55. The molecule has 5 nitrogen and oxygen atoms in total. The molecule has 1 heterocycles. The van der Waals surface area contributed by atoms with E-state index in [4.69, 9.17) is 4.74 Å². The van der Waals surface area contributed by atoms with E-state index in [1.807, 2.05) is 24.3 Å². The van der Waals surface area contributed by atoms with Gasteiger partial charge in [0, 0.05) is 28.8 Å². The molecule has 0 atom stereocenters. The number of rotatable bonds is 5.